The number of rotatable bonds is 6. The first-order valence-electron chi connectivity index (χ1n) is 9.24. The van der Waals surface area contributed by atoms with Gasteiger partial charge in [-0.3, -0.25) is 9.59 Å². The van der Waals surface area contributed by atoms with Gasteiger partial charge in [-0.05, 0) is 56.9 Å². The fraction of sp³-hybridized carbons (Fsp3) is 0.273. The predicted octanol–water partition coefficient (Wildman–Crippen LogP) is 4.48. The highest BCUT2D eigenvalue weighted by molar-refractivity contribution is 9.10. The molecule has 2 aromatic carbocycles. The molecule has 1 heterocycles. The zero-order valence-electron chi connectivity index (χ0n) is 16.2. The van der Waals surface area contributed by atoms with Crippen molar-refractivity contribution in [1.29, 1.82) is 0 Å². The van der Waals surface area contributed by atoms with Crippen LogP contribution in [0.15, 0.2) is 58.6 Å². The molecule has 1 amide bonds. The van der Waals surface area contributed by atoms with Gasteiger partial charge in [0.15, 0.2) is 0 Å². The van der Waals surface area contributed by atoms with E-state index in [1.807, 2.05) is 19.0 Å². The summed E-state index contributed by atoms with van der Waals surface area (Å²) in [6.07, 6.45) is 0.711. The zero-order chi connectivity index (χ0) is 21.1. The van der Waals surface area contributed by atoms with Gasteiger partial charge >= 0.3 is 0 Å². The Balaban J connectivity index is 2.07. The summed E-state index contributed by atoms with van der Waals surface area (Å²) >= 11 is 9.38. The summed E-state index contributed by atoms with van der Waals surface area (Å²) in [5.74, 6) is -1.44. The van der Waals surface area contributed by atoms with E-state index in [9.17, 15) is 14.7 Å². The summed E-state index contributed by atoms with van der Waals surface area (Å²) in [6, 6.07) is 13.3. The maximum absolute atomic E-state index is 12.9. The Hall–Kier alpha value is -2.15. The maximum atomic E-state index is 12.9. The molecule has 152 valence electrons. The minimum atomic E-state index is -0.671. The summed E-state index contributed by atoms with van der Waals surface area (Å²) in [7, 11) is 3.91. The van der Waals surface area contributed by atoms with E-state index in [2.05, 4.69) is 15.9 Å². The highest BCUT2D eigenvalue weighted by Gasteiger charge is 2.45. The van der Waals surface area contributed by atoms with Crippen molar-refractivity contribution in [2.24, 2.45) is 0 Å². The summed E-state index contributed by atoms with van der Waals surface area (Å²) in [6.45, 7) is 1.19. The van der Waals surface area contributed by atoms with Gasteiger partial charge in [-0.2, -0.15) is 0 Å². The molecule has 1 fully saturated rings. The minimum absolute atomic E-state index is 0.101. The summed E-state index contributed by atoms with van der Waals surface area (Å²) in [5.41, 5.74) is 1.32. The fourth-order valence-electron chi connectivity index (χ4n) is 3.42. The van der Waals surface area contributed by atoms with Crippen LogP contribution in [0.4, 0.5) is 0 Å². The summed E-state index contributed by atoms with van der Waals surface area (Å²) in [5, 5.41) is 11.5. The SMILES string of the molecule is CN(C)CCCN1C(=O)C(=O)/C(=C(/O)c2ccc(Br)cc2)[C@H]1c1ccc(Cl)cc1. The lowest BCUT2D eigenvalue weighted by Crippen LogP contribution is -2.32. The van der Waals surface area contributed by atoms with Crippen LogP contribution >= 0.6 is 27.5 Å². The van der Waals surface area contributed by atoms with Crippen LogP contribution in [0.1, 0.15) is 23.6 Å². The van der Waals surface area contributed by atoms with Crippen molar-refractivity contribution in [3.8, 4) is 0 Å². The van der Waals surface area contributed by atoms with Crippen LogP contribution in [0, 0.1) is 0 Å². The molecule has 2 aromatic rings. The van der Waals surface area contributed by atoms with E-state index in [1.165, 1.54) is 0 Å². The lowest BCUT2D eigenvalue weighted by Gasteiger charge is -2.26. The normalized spacial score (nSPS) is 18.7. The maximum Gasteiger partial charge on any atom is 0.295 e. The number of aliphatic hydroxyl groups excluding tert-OH is 1. The second-order valence-corrected chi connectivity index (χ2v) is 8.56. The van der Waals surface area contributed by atoms with E-state index >= 15 is 0 Å². The Morgan fingerprint density at radius 2 is 1.72 bits per heavy atom. The lowest BCUT2D eigenvalue weighted by atomic mass is 9.95. The largest absolute Gasteiger partial charge is 0.507 e. The first-order valence-corrected chi connectivity index (χ1v) is 10.4. The smallest absolute Gasteiger partial charge is 0.295 e. The molecule has 0 aliphatic carbocycles. The van der Waals surface area contributed by atoms with Gasteiger partial charge in [0, 0.05) is 21.6 Å². The van der Waals surface area contributed by atoms with Gasteiger partial charge in [0.1, 0.15) is 5.76 Å². The minimum Gasteiger partial charge on any atom is -0.507 e. The number of aliphatic hydroxyl groups is 1. The van der Waals surface area contributed by atoms with E-state index < -0.39 is 17.7 Å². The number of hydrogen-bond acceptors (Lipinski definition) is 4. The van der Waals surface area contributed by atoms with Gasteiger partial charge in [-0.1, -0.05) is 51.8 Å². The highest BCUT2D eigenvalue weighted by atomic mass is 79.9. The van der Waals surface area contributed by atoms with Crippen molar-refractivity contribution >= 4 is 45.0 Å². The molecule has 1 N–H and O–H groups in total. The number of carbonyl (C=O) groups excluding carboxylic acids is 2. The average molecular weight is 478 g/mol. The third-order valence-corrected chi connectivity index (χ3v) is 5.63. The standard InChI is InChI=1S/C22H22BrClN2O3/c1-25(2)12-3-13-26-19(14-6-10-17(24)11-7-14)18(21(28)22(26)29)20(27)15-4-8-16(23)9-5-15/h4-11,19,27H,3,12-13H2,1-2H3/b20-18+/t19-/m1/s1. The second kappa shape index (κ2) is 9.11. The van der Waals surface area contributed by atoms with Crippen molar-refractivity contribution in [2.45, 2.75) is 12.5 Å². The number of carbonyl (C=O) groups is 2. The molecule has 1 atom stereocenters. The van der Waals surface area contributed by atoms with E-state index in [1.54, 1.807) is 53.4 Å². The number of Topliss-reactive ketones (excluding diaryl/α,β-unsaturated/α-hetero) is 1. The van der Waals surface area contributed by atoms with Crippen LogP contribution in [0.5, 0.6) is 0 Å². The third kappa shape index (κ3) is 4.71. The molecule has 0 bridgehead atoms. The molecule has 0 unspecified atom stereocenters. The Morgan fingerprint density at radius 3 is 2.31 bits per heavy atom. The molecular formula is C22H22BrClN2O3. The second-order valence-electron chi connectivity index (χ2n) is 7.21. The number of hydrogen-bond donors (Lipinski definition) is 1. The zero-order valence-corrected chi connectivity index (χ0v) is 18.6. The van der Waals surface area contributed by atoms with Gasteiger partial charge in [-0.25, -0.2) is 0 Å². The van der Waals surface area contributed by atoms with Crippen molar-refractivity contribution in [3.05, 3.63) is 74.7 Å². The summed E-state index contributed by atoms with van der Waals surface area (Å²) < 4.78 is 0.854. The number of ketones is 1. The van der Waals surface area contributed by atoms with Crippen LogP contribution in [-0.2, 0) is 9.59 Å². The van der Waals surface area contributed by atoms with E-state index in [-0.39, 0.29) is 11.3 Å². The Morgan fingerprint density at radius 1 is 1.10 bits per heavy atom. The topological polar surface area (TPSA) is 60.9 Å². The molecule has 0 aromatic heterocycles. The molecular weight excluding hydrogens is 456 g/mol. The van der Waals surface area contributed by atoms with Crippen molar-refractivity contribution in [3.63, 3.8) is 0 Å². The van der Waals surface area contributed by atoms with Gasteiger partial charge < -0.3 is 14.9 Å². The summed E-state index contributed by atoms with van der Waals surface area (Å²) in [4.78, 5) is 29.3. The van der Waals surface area contributed by atoms with Crippen molar-refractivity contribution < 1.29 is 14.7 Å². The van der Waals surface area contributed by atoms with Crippen LogP contribution in [-0.4, -0.2) is 53.8 Å². The van der Waals surface area contributed by atoms with Crippen LogP contribution in [0.2, 0.25) is 5.02 Å². The Kier molecular flexibility index (Phi) is 6.77. The predicted molar refractivity (Wildman–Crippen MR) is 118 cm³/mol. The first-order chi connectivity index (χ1) is 13.8. The number of amides is 1. The van der Waals surface area contributed by atoms with E-state index in [0.29, 0.717) is 23.6 Å². The quantitative estimate of drug-likeness (QED) is 0.379. The molecule has 1 aliphatic heterocycles. The molecule has 0 spiro atoms. The van der Waals surface area contributed by atoms with Gasteiger partial charge in [0.05, 0.1) is 11.6 Å². The molecule has 1 aliphatic rings. The molecule has 29 heavy (non-hydrogen) atoms. The van der Waals surface area contributed by atoms with Gasteiger partial charge in [0.25, 0.3) is 11.7 Å². The average Bonchev–Trinajstić information content (AvgIpc) is 2.93. The molecule has 7 heteroatoms. The monoisotopic (exact) mass is 476 g/mol. The Labute approximate surface area is 183 Å². The van der Waals surface area contributed by atoms with Crippen molar-refractivity contribution in [2.75, 3.05) is 27.2 Å². The Bertz CT molecular complexity index is 940. The molecule has 3 rings (SSSR count). The highest BCUT2D eigenvalue weighted by Crippen LogP contribution is 2.39. The molecule has 0 saturated carbocycles. The fourth-order valence-corrected chi connectivity index (χ4v) is 3.81. The van der Waals surface area contributed by atoms with Gasteiger partial charge in [0.2, 0.25) is 0 Å². The number of likely N-dealkylation sites (tertiary alicyclic amines) is 1. The lowest BCUT2D eigenvalue weighted by molar-refractivity contribution is -0.139. The van der Waals surface area contributed by atoms with Crippen LogP contribution in [0.25, 0.3) is 5.76 Å². The molecule has 5 nitrogen and oxygen atoms in total. The van der Waals surface area contributed by atoms with E-state index in [4.69, 9.17) is 11.6 Å². The first kappa shape index (κ1) is 21.6. The van der Waals surface area contributed by atoms with Crippen LogP contribution < -0.4 is 0 Å². The van der Waals surface area contributed by atoms with E-state index in [0.717, 1.165) is 16.6 Å². The number of benzene rings is 2. The van der Waals surface area contributed by atoms with Crippen LogP contribution in [0.3, 0.4) is 0 Å². The molecule has 0 radical (unpaired) electrons. The number of nitrogens with zero attached hydrogens (tertiary/aromatic N) is 2. The number of halogens is 2. The van der Waals surface area contributed by atoms with Gasteiger partial charge in [-0.15, -0.1) is 0 Å². The molecule has 1 saturated heterocycles. The third-order valence-electron chi connectivity index (χ3n) is 4.85. The van der Waals surface area contributed by atoms with Crippen molar-refractivity contribution in [1.82, 2.24) is 9.80 Å².